The van der Waals surface area contributed by atoms with Crippen molar-refractivity contribution in [3.63, 3.8) is 0 Å². The van der Waals surface area contributed by atoms with Gasteiger partial charge in [-0.15, -0.1) is 24.0 Å². The molecule has 0 spiro atoms. The molecule has 0 bridgehead atoms. The molecule has 0 aliphatic rings. The van der Waals surface area contributed by atoms with Gasteiger partial charge in [0.15, 0.2) is 15.8 Å². The highest BCUT2D eigenvalue weighted by Crippen LogP contribution is 2.27. The van der Waals surface area contributed by atoms with Crippen molar-refractivity contribution >= 4 is 56.8 Å². The van der Waals surface area contributed by atoms with Crippen LogP contribution < -0.4 is 16.4 Å². The summed E-state index contributed by atoms with van der Waals surface area (Å²) in [6.45, 7) is 2.54. The fourth-order valence-electron chi connectivity index (χ4n) is 2.23. The lowest BCUT2D eigenvalue weighted by atomic mass is 10.2. The van der Waals surface area contributed by atoms with Crippen LogP contribution in [0.1, 0.15) is 5.56 Å². The zero-order valence-electron chi connectivity index (χ0n) is 15.4. The van der Waals surface area contributed by atoms with E-state index >= 15 is 0 Å². The molecule has 0 heterocycles. The first kappa shape index (κ1) is 23.6. The summed E-state index contributed by atoms with van der Waals surface area (Å²) < 4.78 is 23.1. The Morgan fingerprint density at radius 3 is 2.43 bits per heavy atom. The number of hydrogen-bond donors (Lipinski definition) is 3. The van der Waals surface area contributed by atoms with Gasteiger partial charge in [-0.2, -0.15) is 0 Å². The standard InChI is InChI=1S/C17H21N5O4S.HI/c1-12-3-5-13(6-4-12)21-17(18)20-10-9-19-15-8-7-14(27(2,25)26)11-16(15)22(23)24;/h3-8,11,19H,9-10H2,1-2H3,(H3,18,20,21);1H. The second kappa shape index (κ2) is 10.2. The van der Waals surface area contributed by atoms with Gasteiger partial charge < -0.3 is 16.4 Å². The van der Waals surface area contributed by atoms with Crippen molar-refractivity contribution in [2.24, 2.45) is 10.7 Å². The normalized spacial score (nSPS) is 11.4. The Kier molecular flexibility index (Phi) is 8.63. The van der Waals surface area contributed by atoms with E-state index in [-0.39, 0.29) is 59.3 Å². The first-order valence-electron chi connectivity index (χ1n) is 8.03. The molecule has 2 aromatic rings. The summed E-state index contributed by atoms with van der Waals surface area (Å²) in [6, 6.07) is 11.4. The Morgan fingerprint density at radius 1 is 1.21 bits per heavy atom. The number of nitrogens with one attached hydrogen (secondary N) is 2. The van der Waals surface area contributed by atoms with E-state index < -0.39 is 14.8 Å². The van der Waals surface area contributed by atoms with Gasteiger partial charge in [-0.05, 0) is 31.2 Å². The first-order chi connectivity index (χ1) is 12.7. The van der Waals surface area contributed by atoms with Crippen LogP contribution in [0.25, 0.3) is 0 Å². The van der Waals surface area contributed by atoms with Crippen molar-refractivity contribution in [1.82, 2.24) is 0 Å². The van der Waals surface area contributed by atoms with Crippen LogP contribution in [-0.2, 0) is 9.84 Å². The Bertz CT molecular complexity index is 962. The molecular formula is C17H22IN5O4S. The van der Waals surface area contributed by atoms with E-state index in [2.05, 4.69) is 15.6 Å². The van der Waals surface area contributed by atoms with E-state index in [0.29, 0.717) is 0 Å². The molecule has 2 aromatic carbocycles. The molecule has 28 heavy (non-hydrogen) atoms. The molecule has 11 heteroatoms. The van der Waals surface area contributed by atoms with Crippen molar-refractivity contribution in [3.8, 4) is 0 Å². The fraction of sp³-hybridized carbons (Fsp3) is 0.235. The number of nitrogens with zero attached hydrogens (tertiary/aromatic N) is 2. The lowest BCUT2D eigenvalue weighted by Crippen LogP contribution is -2.23. The Balaban J connectivity index is 0.00000392. The van der Waals surface area contributed by atoms with Crippen LogP contribution in [0.3, 0.4) is 0 Å². The lowest BCUT2D eigenvalue weighted by Gasteiger charge is -2.08. The number of aliphatic imine (C=N–C) groups is 1. The van der Waals surface area contributed by atoms with Gasteiger partial charge >= 0.3 is 0 Å². The van der Waals surface area contributed by atoms with Crippen molar-refractivity contribution in [2.45, 2.75) is 11.8 Å². The molecule has 0 unspecified atom stereocenters. The number of hydrogen-bond acceptors (Lipinski definition) is 6. The van der Waals surface area contributed by atoms with Gasteiger partial charge in [0.1, 0.15) is 5.69 Å². The first-order valence-corrected chi connectivity index (χ1v) is 9.92. The number of halogens is 1. The second-order valence-electron chi connectivity index (χ2n) is 5.89. The molecule has 0 saturated heterocycles. The van der Waals surface area contributed by atoms with Gasteiger partial charge in [0, 0.05) is 24.6 Å². The van der Waals surface area contributed by atoms with Crippen LogP contribution >= 0.6 is 24.0 Å². The van der Waals surface area contributed by atoms with E-state index in [1.807, 2.05) is 31.2 Å². The molecule has 0 aliphatic carbocycles. The highest BCUT2D eigenvalue weighted by atomic mass is 127. The number of nitro groups is 1. The molecule has 0 saturated carbocycles. The molecule has 0 aromatic heterocycles. The average molecular weight is 519 g/mol. The van der Waals surface area contributed by atoms with Crippen molar-refractivity contribution in [1.29, 1.82) is 0 Å². The number of rotatable bonds is 7. The van der Waals surface area contributed by atoms with Crippen molar-refractivity contribution < 1.29 is 13.3 Å². The predicted molar refractivity (Wildman–Crippen MR) is 121 cm³/mol. The van der Waals surface area contributed by atoms with Crippen LogP contribution in [0, 0.1) is 17.0 Å². The highest BCUT2D eigenvalue weighted by molar-refractivity contribution is 14.0. The molecular weight excluding hydrogens is 497 g/mol. The minimum absolute atomic E-state index is 0. The van der Waals surface area contributed by atoms with Crippen molar-refractivity contribution in [3.05, 3.63) is 58.1 Å². The van der Waals surface area contributed by atoms with Crippen LogP contribution in [0.15, 0.2) is 52.4 Å². The Hall–Kier alpha value is -2.41. The van der Waals surface area contributed by atoms with Gasteiger partial charge in [-0.25, -0.2) is 8.42 Å². The molecule has 0 fully saturated rings. The Morgan fingerprint density at radius 2 is 1.86 bits per heavy atom. The SMILES string of the molecule is Cc1ccc(NC(N)=NCCNc2ccc(S(C)(=O)=O)cc2[N+](=O)[O-])cc1.I. The molecule has 0 atom stereocenters. The summed E-state index contributed by atoms with van der Waals surface area (Å²) in [4.78, 5) is 14.6. The van der Waals surface area contributed by atoms with Gasteiger partial charge in [0.05, 0.1) is 16.4 Å². The fourth-order valence-corrected chi connectivity index (χ4v) is 2.87. The van der Waals surface area contributed by atoms with E-state index in [0.717, 1.165) is 23.6 Å². The summed E-state index contributed by atoms with van der Waals surface area (Å²) in [5.41, 5.74) is 7.64. The summed E-state index contributed by atoms with van der Waals surface area (Å²) in [5.74, 6) is 0.225. The van der Waals surface area contributed by atoms with E-state index in [1.165, 1.54) is 12.1 Å². The molecule has 152 valence electrons. The number of aryl methyl sites for hydroxylation is 1. The minimum atomic E-state index is -3.52. The van der Waals surface area contributed by atoms with Crippen molar-refractivity contribution in [2.75, 3.05) is 30.0 Å². The number of benzene rings is 2. The largest absolute Gasteiger partial charge is 0.378 e. The van der Waals surface area contributed by atoms with Gasteiger partial charge in [-0.1, -0.05) is 17.7 Å². The molecule has 9 nitrogen and oxygen atoms in total. The third-order valence-electron chi connectivity index (χ3n) is 3.63. The van der Waals surface area contributed by atoms with E-state index in [9.17, 15) is 18.5 Å². The molecule has 0 radical (unpaired) electrons. The van der Waals surface area contributed by atoms with Gasteiger partial charge in [0.25, 0.3) is 5.69 Å². The van der Waals surface area contributed by atoms with Crippen LogP contribution in [0.4, 0.5) is 17.1 Å². The Labute approximate surface area is 180 Å². The summed E-state index contributed by atoms with van der Waals surface area (Å²) in [7, 11) is -3.52. The topological polar surface area (TPSA) is 140 Å². The highest BCUT2D eigenvalue weighted by Gasteiger charge is 2.18. The number of guanidine groups is 1. The summed E-state index contributed by atoms with van der Waals surface area (Å²) in [5, 5.41) is 17.0. The zero-order chi connectivity index (χ0) is 20.0. The average Bonchev–Trinajstić information content (AvgIpc) is 2.59. The lowest BCUT2D eigenvalue weighted by molar-refractivity contribution is -0.384. The van der Waals surface area contributed by atoms with Crippen LogP contribution in [0.5, 0.6) is 0 Å². The quantitative estimate of drug-likeness (QED) is 0.128. The molecule has 4 N–H and O–H groups in total. The minimum Gasteiger partial charge on any atom is -0.378 e. The zero-order valence-corrected chi connectivity index (χ0v) is 18.5. The van der Waals surface area contributed by atoms with Crippen LogP contribution in [-0.4, -0.2) is 38.6 Å². The second-order valence-corrected chi connectivity index (χ2v) is 7.91. The molecule has 2 rings (SSSR count). The van der Waals surface area contributed by atoms with E-state index in [1.54, 1.807) is 0 Å². The maximum Gasteiger partial charge on any atom is 0.293 e. The summed E-state index contributed by atoms with van der Waals surface area (Å²) in [6.07, 6.45) is 0.998. The van der Waals surface area contributed by atoms with Crippen LogP contribution in [0.2, 0.25) is 0 Å². The monoisotopic (exact) mass is 519 g/mol. The molecule has 0 amide bonds. The maximum absolute atomic E-state index is 11.5. The predicted octanol–water partition coefficient (Wildman–Crippen LogP) is 2.76. The number of nitrogens with two attached hydrogens (primary N) is 1. The third-order valence-corrected chi connectivity index (χ3v) is 4.74. The summed E-state index contributed by atoms with van der Waals surface area (Å²) >= 11 is 0. The maximum atomic E-state index is 11.5. The van der Waals surface area contributed by atoms with Gasteiger partial charge in [0.2, 0.25) is 0 Å². The van der Waals surface area contributed by atoms with Gasteiger partial charge in [-0.3, -0.25) is 15.1 Å². The van der Waals surface area contributed by atoms with E-state index in [4.69, 9.17) is 5.73 Å². The molecule has 0 aliphatic heterocycles. The number of sulfone groups is 1. The number of anilines is 2. The number of nitro benzene ring substituents is 1. The smallest absolute Gasteiger partial charge is 0.293 e. The third kappa shape index (κ3) is 6.96.